The minimum atomic E-state index is 0.0993. The highest BCUT2D eigenvalue weighted by Gasteiger charge is 2.28. The average molecular weight is 421 g/mol. The monoisotopic (exact) mass is 420 g/mol. The topological polar surface area (TPSA) is 89.1 Å². The summed E-state index contributed by atoms with van der Waals surface area (Å²) in [6, 6.07) is 8.02. The van der Waals surface area contributed by atoms with Gasteiger partial charge in [0, 0.05) is 42.9 Å². The molecule has 1 N–H and O–H groups in total. The SMILES string of the molecule is O=C(NC1CCc2nnc(-c3ccncc3)n2CC1)C1CCN(Cc2ccco2)CC1. The third kappa shape index (κ3) is 4.54. The number of carbonyl (C=O) groups excluding carboxylic acids is 1. The lowest BCUT2D eigenvalue weighted by Gasteiger charge is -2.31. The summed E-state index contributed by atoms with van der Waals surface area (Å²) in [4.78, 5) is 19.4. The van der Waals surface area contributed by atoms with Crippen LogP contribution in [0.25, 0.3) is 11.4 Å². The van der Waals surface area contributed by atoms with Crippen molar-refractivity contribution in [3.8, 4) is 11.4 Å². The molecule has 0 bridgehead atoms. The van der Waals surface area contributed by atoms with Crippen LogP contribution in [0.3, 0.4) is 0 Å². The number of aryl methyl sites for hydroxylation is 1. The van der Waals surface area contributed by atoms with E-state index in [1.165, 1.54) is 0 Å². The van der Waals surface area contributed by atoms with Crippen molar-refractivity contribution in [1.29, 1.82) is 0 Å². The van der Waals surface area contributed by atoms with E-state index < -0.39 is 0 Å². The van der Waals surface area contributed by atoms with Crippen molar-refractivity contribution in [3.63, 3.8) is 0 Å². The quantitative estimate of drug-likeness (QED) is 0.683. The first-order valence-corrected chi connectivity index (χ1v) is 11.1. The van der Waals surface area contributed by atoms with Gasteiger partial charge >= 0.3 is 0 Å². The Hall–Kier alpha value is -3.00. The van der Waals surface area contributed by atoms with Gasteiger partial charge in [-0.05, 0) is 63.0 Å². The van der Waals surface area contributed by atoms with E-state index in [1.54, 1.807) is 18.7 Å². The summed E-state index contributed by atoms with van der Waals surface area (Å²) in [6.45, 7) is 3.50. The number of pyridine rings is 1. The van der Waals surface area contributed by atoms with E-state index in [1.807, 2.05) is 24.3 Å². The average Bonchev–Trinajstić information content (AvgIpc) is 3.42. The molecule has 0 radical (unpaired) electrons. The Labute approximate surface area is 181 Å². The third-order valence-corrected chi connectivity index (χ3v) is 6.45. The van der Waals surface area contributed by atoms with Crippen molar-refractivity contribution in [2.45, 2.75) is 51.2 Å². The van der Waals surface area contributed by atoms with E-state index in [2.05, 4.69) is 30.0 Å². The molecule has 2 aliphatic heterocycles. The van der Waals surface area contributed by atoms with Gasteiger partial charge in [-0.2, -0.15) is 0 Å². The number of hydrogen-bond donors (Lipinski definition) is 1. The Balaban J connectivity index is 1.14. The molecule has 31 heavy (non-hydrogen) atoms. The molecule has 0 aliphatic carbocycles. The summed E-state index contributed by atoms with van der Waals surface area (Å²) in [5.74, 6) is 3.17. The molecule has 5 heterocycles. The van der Waals surface area contributed by atoms with Gasteiger partial charge < -0.3 is 14.3 Å². The fourth-order valence-corrected chi connectivity index (χ4v) is 4.64. The van der Waals surface area contributed by atoms with Gasteiger partial charge in [0.1, 0.15) is 11.6 Å². The van der Waals surface area contributed by atoms with Crippen LogP contribution in [0.4, 0.5) is 0 Å². The smallest absolute Gasteiger partial charge is 0.223 e. The first-order chi connectivity index (χ1) is 15.3. The number of furan rings is 1. The summed E-state index contributed by atoms with van der Waals surface area (Å²) in [5, 5.41) is 12.1. The van der Waals surface area contributed by atoms with Gasteiger partial charge in [0.05, 0.1) is 12.8 Å². The third-order valence-electron chi connectivity index (χ3n) is 6.45. The van der Waals surface area contributed by atoms with Crippen molar-refractivity contribution >= 4 is 5.91 Å². The molecule has 0 spiro atoms. The first-order valence-electron chi connectivity index (χ1n) is 11.1. The fraction of sp³-hybridized carbons (Fsp3) is 0.478. The van der Waals surface area contributed by atoms with Crippen molar-refractivity contribution in [2.24, 2.45) is 5.92 Å². The van der Waals surface area contributed by atoms with Gasteiger partial charge in [-0.25, -0.2) is 0 Å². The maximum absolute atomic E-state index is 12.9. The lowest BCUT2D eigenvalue weighted by molar-refractivity contribution is -0.127. The van der Waals surface area contributed by atoms with Crippen LogP contribution in [-0.4, -0.2) is 49.7 Å². The zero-order chi connectivity index (χ0) is 21.0. The normalized spacial score (nSPS) is 20.2. The number of piperidine rings is 1. The fourth-order valence-electron chi connectivity index (χ4n) is 4.64. The first kappa shape index (κ1) is 19.9. The van der Waals surface area contributed by atoms with Crippen molar-refractivity contribution in [2.75, 3.05) is 13.1 Å². The number of hydrogen-bond acceptors (Lipinski definition) is 6. The van der Waals surface area contributed by atoms with E-state index >= 15 is 0 Å². The highest BCUT2D eigenvalue weighted by molar-refractivity contribution is 5.79. The van der Waals surface area contributed by atoms with Crippen LogP contribution in [-0.2, 0) is 24.3 Å². The maximum Gasteiger partial charge on any atom is 0.223 e. The number of nitrogens with zero attached hydrogens (tertiary/aromatic N) is 5. The van der Waals surface area contributed by atoms with Crippen LogP contribution in [0.2, 0.25) is 0 Å². The molecule has 3 aromatic heterocycles. The molecule has 1 fully saturated rings. The second-order valence-electron chi connectivity index (χ2n) is 8.49. The van der Waals surface area contributed by atoms with Crippen molar-refractivity contribution in [3.05, 3.63) is 54.5 Å². The second-order valence-corrected chi connectivity index (χ2v) is 8.49. The van der Waals surface area contributed by atoms with Gasteiger partial charge in [-0.3, -0.25) is 14.7 Å². The summed E-state index contributed by atoms with van der Waals surface area (Å²) in [6.07, 6.45) is 9.68. The van der Waals surface area contributed by atoms with E-state index in [9.17, 15) is 4.79 Å². The largest absolute Gasteiger partial charge is 0.468 e. The van der Waals surface area contributed by atoms with Crippen molar-refractivity contribution < 1.29 is 9.21 Å². The van der Waals surface area contributed by atoms with Gasteiger partial charge in [0.25, 0.3) is 0 Å². The van der Waals surface area contributed by atoms with Crippen LogP contribution in [0.1, 0.15) is 37.3 Å². The van der Waals surface area contributed by atoms with Gasteiger partial charge in [0.15, 0.2) is 5.82 Å². The van der Waals surface area contributed by atoms with Crippen LogP contribution in [0.15, 0.2) is 47.3 Å². The molecule has 1 amide bonds. The summed E-state index contributed by atoms with van der Waals surface area (Å²) in [5.41, 5.74) is 1.03. The Kier molecular flexibility index (Phi) is 5.80. The highest BCUT2D eigenvalue weighted by atomic mass is 16.3. The van der Waals surface area contributed by atoms with Gasteiger partial charge in [0.2, 0.25) is 5.91 Å². The molecule has 3 aromatic rings. The summed E-state index contributed by atoms with van der Waals surface area (Å²) < 4.78 is 7.63. The standard InChI is InChI=1S/C23H28N6O2/c30-23(18-7-12-28(13-8-18)16-20-2-1-15-31-20)25-19-3-4-21-26-27-22(29(21)14-9-19)17-5-10-24-11-6-17/h1-2,5-6,10-11,15,18-19H,3-4,7-9,12-14,16H2,(H,25,30). The number of nitrogens with one attached hydrogen (secondary N) is 1. The maximum atomic E-state index is 12.9. The molecule has 2 aliphatic rings. The summed E-state index contributed by atoms with van der Waals surface area (Å²) >= 11 is 0. The molecular formula is C23H28N6O2. The number of carbonyl (C=O) groups is 1. The van der Waals surface area contributed by atoms with E-state index in [0.717, 1.165) is 81.3 Å². The molecule has 162 valence electrons. The van der Waals surface area contributed by atoms with Crippen LogP contribution in [0.5, 0.6) is 0 Å². The van der Waals surface area contributed by atoms with Crippen LogP contribution in [0, 0.1) is 5.92 Å². The van der Waals surface area contributed by atoms with Crippen LogP contribution < -0.4 is 5.32 Å². The van der Waals surface area contributed by atoms with Gasteiger partial charge in [-0.1, -0.05) is 0 Å². The molecule has 8 heteroatoms. The van der Waals surface area contributed by atoms with E-state index in [4.69, 9.17) is 4.42 Å². The van der Waals surface area contributed by atoms with Gasteiger partial charge in [-0.15, -0.1) is 10.2 Å². The minimum Gasteiger partial charge on any atom is -0.468 e. The Morgan fingerprint density at radius 2 is 1.90 bits per heavy atom. The molecule has 0 saturated carbocycles. The summed E-state index contributed by atoms with van der Waals surface area (Å²) in [7, 11) is 0. The predicted molar refractivity (Wildman–Crippen MR) is 115 cm³/mol. The zero-order valence-corrected chi connectivity index (χ0v) is 17.6. The Morgan fingerprint density at radius 3 is 2.68 bits per heavy atom. The molecule has 8 nitrogen and oxygen atoms in total. The number of amides is 1. The van der Waals surface area contributed by atoms with Crippen LogP contribution >= 0.6 is 0 Å². The molecule has 1 saturated heterocycles. The molecule has 0 aromatic carbocycles. The number of fused-ring (bicyclic) bond motifs is 1. The Bertz CT molecular complexity index is 993. The lowest BCUT2D eigenvalue weighted by Crippen LogP contribution is -2.43. The van der Waals surface area contributed by atoms with E-state index in [-0.39, 0.29) is 17.9 Å². The van der Waals surface area contributed by atoms with Crippen molar-refractivity contribution in [1.82, 2.24) is 30.0 Å². The molecule has 1 unspecified atom stereocenters. The predicted octanol–water partition coefficient (Wildman–Crippen LogP) is 2.67. The van der Waals surface area contributed by atoms with E-state index in [0.29, 0.717) is 0 Å². The number of rotatable bonds is 5. The molecular weight excluding hydrogens is 392 g/mol. The number of likely N-dealkylation sites (tertiary alicyclic amines) is 1. The Morgan fingerprint density at radius 1 is 1.06 bits per heavy atom. The molecule has 5 rings (SSSR count). The minimum absolute atomic E-state index is 0.0993. The highest BCUT2D eigenvalue weighted by Crippen LogP contribution is 2.24. The zero-order valence-electron chi connectivity index (χ0n) is 17.6. The lowest BCUT2D eigenvalue weighted by atomic mass is 9.95. The number of aromatic nitrogens is 4. The molecule has 1 atom stereocenters. The second kappa shape index (κ2) is 9.01.